The van der Waals surface area contributed by atoms with E-state index in [9.17, 15) is 19.5 Å². The number of likely N-dealkylation sites (tertiary alicyclic amines) is 1. The Morgan fingerprint density at radius 3 is 2.27 bits per heavy atom. The van der Waals surface area contributed by atoms with Crippen molar-refractivity contribution in [2.75, 3.05) is 51.1 Å². The van der Waals surface area contributed by atoms with Gasteiger partial charge in [0.2, 0.25) is 5.91 Å². The average molecular weight is 513 g/mol. The number of amides is 3. The van der Waals surface area contributed by atoms with Gasteiger partial charge in [-0.05, 0) is 50.6 Å². The van der Waals surface area contributed by atoms with Crippen LogP contribution in [0, 0.1) is 0 Å². The van der Waals surface area contributed by atoms with Crippen molar-refractivity contribution in [2.45, 2.75) is 38.0 Å². The Bertz CT molecular complexity index is 1180. The van der Waals surface area contributed by atoms with Crippen molar-refractivity contribution in [2.24, 2.45) is 11.5 Å². The van der Waals surface area contributed by atoms with Gasteiger partial charge in [0.1, 0.15) is 5.82 Å². The summed E-state index contributed by atoms with van der Waals surface area (Å²) >= 11 is 0. The molecule has 2 aliphatic rings. The van der Waals surface area contributed by atoms with Crippen LogP contribution in [-0.2, 0) is 11.3 Å². The van der Waals surface area contributed by atoms with Gasteiger partial charge in [0.05, 0.1) is 16.8 Å². The molecule has 12 nitrogen and oxygen atoms in total. The summed E-state index contributed by atoms with van der Waals surface area (Å²) in [6.07, 6.45) is 2.17. The fraction of sp³-hybridized carbons (Fsp3) is 0.520. The van der Waals surface area contributed by atoms with Crippen LogP contribution in [-0.4, -0.2) is 98.2 Å². The Kier molecular flexibility index (Phi) is 7.64. The molecule has 0 bridgehead atoms. The van der Waals surface area contributed by atoms with Gasteiger partial charge in [0, 0.05) is 52.0 Å². The molecule has 0 unspecified atom stereocenters. The third-order valence-corrected chi connectivity index (χ3v) is 6.71. The van der Waals surface area contributed by atoms with E-state index in [1.54, 1.807) is 35.9 Å². The SMILES string of the molecule is CC(C)(N)C(=O)N1CCN(C(=O)Nc2ccn(-c3ccc(CN4CC(O)(CCN)C4)cc3)c(=O)n2)CC1. The summed E-state index contributed by atoms with van der Waals surface area (Å²) in [6, 6.07) is 8.75. The number of benzene rings is 1. The van der Waals surface area contributed by atoms with E-state index in [-0.39, 0.29) is 17.8 Å². The first kappa shape index (κ1) is 26.7. The molecule has 12 heteroatoms. The smallest absolute Gasteiger partial charge is 0.354 e. The monoisotopic (exact) mass is 512 g/mol. The van der Waals surface area contributed by atoms with Crippen LogP contribution in [0.3, 0.4) is 0 Å². The van der Waals surface area contributed by atoms with Crippen LogP contribution >= 0.6 is 0 Å². The molecule has 3 heterocycles. The Morgan fingerprint density at radius 1 is 1.08 bits per heavy atom. The van der Waals surface area contributed by atoms with Crippen molar-refractivity contribution in [1.82, 2.24) is 24.3 Å². The zero-order valence-electron chi connectivity index (χ0n) is 21.4. The van der Waals surface area contributed by atoms with E-state index < -0.39 is 16.8 Å². The van der Waals surface area contributed by atoms with E-state index in [0.717, 1.165) is 5.56 Å². The van der Waals surface area contributed by atoms with Crippen LogP contribution in [0.25, 0.3) is 5.69 Å². The number of nitrogens with two attached hydrogens (primary N) is 2. The molecular formula is C25H36N8O4. The third-order valence-electron chi connectivity index (χ3n) is 6.71. The van der Waals surface area contributed by atoms with E-state index in [1.807, 2.05) is 24.3 Å². The zero-order chi connectivity index (χ0) is 26.8. The van der Waals surface area contributed by atoms with Gasteiger partial charge in [-0.3, -0.25) is 19.6 Å². The van der Waals surface area contributed by atoms with E-state index in [2.05, 4.69) is 15.2 Å². The molecule has 4 rings (SSSR count). The Balaban J connectivity index is 1.31. The van der Waals surface area contributed by atoms with Gasteiger partial charge in [-0.25, -0.2) is 9.59 Å². The number of anilines is 1. The summed E-state index contributed by atoms with van der Waals surface area (Å²) in [5.74, 6) is 0.00771. The maximum absolute atomic E-state index is 12.7. The van der Waals surface area contributed by atoms with Crippen LogP contribution < -0.4 is 22.5 Å². The summed E-state index contributed by atoms with van der Waals surface area (Å²) < 4.78 is 1.40. The van der Waals surface area contributed by atoms with Crippen LogP contribution in [0.5, 0.6) is 0 Å². The van der Waals surface area contributed by atoms with Gasteiger partial charge in [-0.1, -0.05) is 12.1 Å². The first-order chi connectivity index (χ1) is 17.5. The minimum atomic E-state index is -0.954. The molecule has 0 saturated carbocycles. The number of β-amino-alcohol motifs (C(OH)–C–C–N with tert-alkyl or cyclic N) is 1. The minimum absolute atomic E-state index is 0.152. The lowest BCUT2D eigenvalue weighted by molar-refractivity contribution is -0.137. The largest absolute Gasteiger partial charge is 0.387 e. The Morgan fingerprint density at radius 2 is 1.70 bits per heavy atom. The number of rotatable bonds is 7. The summed E-state index contributed by atoms with van der Waals surface area (Å²) in [5, 5.41) is 12.9. The highest BCUT2D eigenvalue weighted by molar-refractivity contribution is 5.89. The van der Waals surface area contributed by atoms with Crippen molar-refractivity contribution < 1.29 is 14.7 Å². The predicted octanol–water partition coefficient (Wildman–Crippen LogP) is -0.459. The number of urea groups is 1. The molecule has 2 saturated heterocycles. The number of aliphatic hydroxyl groups is 1. The van der Waals surface area contributed by atoms with E-state index in [0.29, 0.717) is 64.5 Å². The number of carbonyl (C=O) groups excluding carboxylic acids is 2. The molecular weight excluding hydrogens is 476 g/mol. The molecule has 3 amide bonds. The molecule has 0 spiro atoms. The molecule has 0 aliphatic carbocycles. The van der Waals surface area contributed by atoms with E-state index >= 15 is 0 Å². The fourth-order valence-corrected chi connectivity index (χ4v) is 4.72. The lowest BCUT2D eigenvalue weighted by atomic mass is 9.90. The highest BCUT2D eigenvalue weighted by atomic mass is 16.3. The van der Waals surface area contributed by atoms with Gasteiger partial charge >= 0.3 is 11.7 Å². The standard InChI is InChI=1S/C25H36N8O4/c1-24(2,27)21(34)31-11-13-32(14-12-31)22(35)28-20-7-10-33(23(36)29-20)19-5-3-18(4-6-19)15-30-16-25(37,17-30)8-9-26/h3-7,10,37H,8-9,11-17,26-27H2,1-2H3,(H,28,29,35,36). The van der Waals surface area contributed by atoms with Crippen molar-refractivity contribution in [3.63, 3.8) is 0 Å². The number of aromatic nitrogens is 2. The first-order valence-corrected chi connectivity index (χ1v) is 12.5. The highest BCUT2D eigenvalue weighted by Gasteiger charge is 2.39. The van der Waals surface area contributed by atoms with E-state index in [4.69, 9.17) is 11.5 Å². The lowest BCUT2D eigenvalue weighted by Gasteiger charge is -2.46. The normalized spacial score (nSPS) is 17.9. The molecule has 1 aromatic carbocycles. The Labute approximate surface area is 215 Å². The van der Waals surface area contributed by atoms with Gasteiger partial charge in [-0.15, -0.1) is 0 Å². The second-order valence-electron chi connectivity index (χ2n) is 10.5. The second-order valence-corrected chi connectivity index (χ2v) is 10.5. The number of nitrogens with one attached hydrogen (secondary N) is 1. The van der Waals surface area contributed by atoms with Gasteiger partial charge in [0.25, 0.3) is 0 Å². The highest BCUT2D eigenvalue weighted by Crippen LogP contribution is 2.25. The van der Waals surface area contributed by atoms with Gasteiger partial charge < -0.3 is 26.4 Å². The summed E-state index contributed by atoms with van der Waals surface area (Å²) in [4.78, 5) is 47.0. The maximum Gasteiger partial charge on any atom is 0.354 e. The van der Waals surface area contributed by atoms with Crippen LogP contribution in [0.4, 0.5) is 10.6 Å². The zero-order valence-corrected chi connectivity index (χ0v) is 21.4. The summed E-state index contributed by atoms with van der Waals surface area (Å²) in [6.45, 7) is 7.21. The average Bonchev–Trinajstić information content (AvgIpc) is 2.83. The number of hydrogen-bond acceptors (Lipinski definition) is 8. The second kappa shape index (κ2) is 10.6. The molecule has 0 radical (unpaired) electrons. The molecule has 1 aromatic heterocycles. The molecule has 2 fully saturated rings. The lowest BCUT2D eigenvalue weighted by Crippen LogP contribution is -2.61. The van der Waals surface area contributed by atoms with Crippen LogP contribution in [0.15, 0.2) is 41.3 Å². The summed E-state index contributed by atoms with van der Waals surface area (Å²) in [7, 11) is 0. The Hall–Kier alpha value is -3.32. The van der Waals surface area contributed by atoms with Crippen molar-refractivity contribution in [1.29, 1.82) is 0 Å². The number of nitrogens with zero attached hydrogens (tertiary/aromatic N) is 5. The third kappa shape index (κ3) is 6.34. The molecule has 37 heavy (non-hydrogen) atoms. The quantitative estimate of drug-likeness (QED) is 0.387. The number of piperazine rings is 1. The topological polar surface area (TPSA) is 163 Å². The molecule has 0 atom stereocenters. The van der Waals surface area contributed by atoms with Gasteiger partial charge in [-0.2, -0.15) is 4.98 Å². The van der Waals surface area contributed by atoms with Crippen LogP contribution in [0.1, 0.15) is 25.8 Å². The predicted molar refractivity (Wildman–Crippen MR) is 139 cm³/mol. The van der Waals surface area contributed by atoms with Crippen LogP contribution in [0.2, 0.25) is 0 Å². The number of hydrogen-bond donors (Lipinski definition) is 4. The molecule has 6 N–H and O–H groups in total. The fourth-order valence-electron chi connectivity index (χ4n) is 4.72. The molecule has 2 aliphatic heterocycles. The molecule has 2 aromatic rings. The van der Waals surface area contributed by atoms with Crippen molar-refractivity contribution >= 4 is 17.8 Å². The van der Waals surface area contributed by atoms with E-state index in [1.165, 1.54) is 4.57 Å². The maximum atomic E-state index is 12.7. The number of carbonyl (C=O) groups is 2. The first-order valence-electron chi connectivity index (χ1n) is 12.5. The van der Waals surface area contributed by atoms with Crippen molar-refractivity contribution in [3.05, 3.63) is 52.6 Å². The van der Waals surface area contributed by atoms with Crippen molar-refractivity contribution in [3.8, 4) is 5.69 Å². The van der Waals surface area contributed by atoms with Gasteiger partial charge in [0.15, 0.2) is 0 Å². The summed E-state index contributed by atoms with van der Waals surface area (Å²) in [5.41, 5.74) is 11.0. The minimum Gasteiger partial charge on any atom is -0.387 e. The molecule has 200 valence electrons.